The van der Waals surface area contributed by atoms with Gasteiger partial charge in [-0.05, 0) is 50.1 Å². The molecule has 3 rings (SSSR count). The summed E-state index contributed by atoms with van der Waals surface area (Å²) in [6.45, 7) is 5.71. The number of guanidine groups is 1. The molecule has 0 saturated carbocycles. The van der Waals surface area contributed by atoms with Crippen molar-refractivity contribution in [1.29, 1.82) is 0 Å². The van der Waals surface area contributed by atoms with Gasteiger partial charge in [-0.25, -0.2) is 19.4 Å². The molecule has 6 N–H and O–H groups in total. The number of benzene rings is 2. The molecule has 38 heavy (non-hydrogen) atoms. The van der Waals surface area contributed by atoms with Crippen molar-refractivity contribution in [1.82, 2.24) is 5.32 Å². The number of hydrogen-bond acceptors (Lipinski definition) is 7. The van der Waals surface area contributed by atoms with Crippen molar-refractivity contribution < 1.29 is 33.7 Å². The largest absolute Gasteiger partial charge is 0.490 e. The number of nitrogens with zero attached hydrogens (tertiary/aromatic N) is 2. The van der Waals surface area contributed by atoms with Crippen LogP contribution in [-0.2, 0) is 27.2 Å². The Labute approximate surface area is 220 Å². The molecule has 2 atom stereocenters. The number of nitrogens with two attached hydrogens (primary N) is 2. The number of carbonyl (C=O) groups excluding carboxylic acids is 2. The number of aliphatic imine (C=N–C) groups is 1. The SMILES string of the molecule is CC(C)(C)OC(=O)NC(Cc1ccc(OCC2CN(c3ccccc3CN=C(N)N)C(=O)O2)cc1)C(=O)O. The molecule has 1 saturated heterocycles. The smallest absolute Gasteiger partial charge is 0.414 e. The van der Waals surface area contributed by atoms with Gasteiger partial charge in [-0.2, -0.15) is 0 Å². The maximum Gasteiger partial charge on any atom is 0.414 e. The van der Waals surface area contributed by atoms with E-state index in [4.69, 9.17) is 25.7 Å². The molecule has 0 bridgehead atoms. The Morgan fingerprint density at radius 2 is 1.87 bits per heavy atom. The molecule has 2 amide bonds. The number of alkyl carbamates (subject to hydrolysis) is 1. The van der Waals surface area contributed by atoms with Gasteiger partial charge in [0.15, 0.2) is 12.1 Å². The highest BCUT2D eigenvalue weighted by molar-refractivity contribution is 5.90. The lowest BCUT2D eigenvalue weighted by Gasteiger charge is -2.22. The van der Waals surface area contributed by atoms with Gasteiger partial charge in [0, 0.05) is 6.42 Å². The summed E-state index contributed by atoms with van der Waals surface area (Å²) in [7, 11) is 0. The van der Waals surface area contributed by atoms with Crippen LogP contribution in [0.2, 0.25) is 0 Å². The van der Waals surface area contributed by atoms with Crippen LogP contribution in [-0.4, -0.2) is 60.1 Å². The summed E-state index contributed by atoms with van der Waals surface area (Å²) in [6.07, 6.45) is -1.75. The molecule has 2 aromatic carbocycles. The quantitative estimate of drug-likeness (QED) is 0.267. The number of carbonyl (C=O) groups is 3. The van der Waals surface area contributed by atoms with Crippen LogP contribution in [0.4, 0.5) is 15.3 Å². The van der Waals surface area contributed by atoms with E-state index in [9.17, 15) is 19.5 Å². The van der Waals surface area contributed by atoms with E-state index in [0.29, 0.717) is 17.0 Å². The van der Waals surface area contributed by atoms with E-state index in [-0.39, 0.29) is 32.1 Å². The lowest BCUT2D eigenvalue weighted by Crippen LogP contribution is -2.44. The Hall–Kier alpha value is -4.48. The molecule has 0 aliphatic carbocycles. The predicted molar refractivity (Wildman–Crippen MR) is 140 cm³/mol. The van der Waals surface area contributed by atoms with Crippen molar-refractivity contribution in [3.8, 4) is 5.75 Å². The summed E-state index contributed by atoms with van der Waals surface area (Å²) in [5, 5.41) is 11.9. The zero-order valence-corrected chi connectivity index (χ0v) is 21.5. The van der Waals surface area contributed by atoms with Crippen molar-refractivity contribution in [2.75, 3.05) is 18.1 Å². The second-order valence-corrected chi connectivity index (χ2v) is 9.68. The second-order valence-electron chi connectivity index (χ2n) is 9.68. The molecule has 2 aromatic rings. The normalized spacial score (nSPS) is 15.8. The van der Waals surface area contributed by atoms with E-state index in [1.807, 2.05) is 18.2 Å². The minimum atomic E-state index is -1.18. The van der Waals surface area contributed by atoms with Gasteiger partial charge in [-0.15, -0.1) is 0 Å². The number of para-hydroxylation sites is 1. The lowest BCUT2D eigenvalue weighted by molar-refractivity contribution is -0.139. The first-order valence-electron chi connectivity index (χ1n) is 12.0. The second kappa shape index (κ2) is 12.2. The first-order valence-corrected chi connectivity index (χ1v) is 12.0. The molecule has 12 heteroatoms. The maximum absolute atomic E-state index is 12.5. The van der Waals surface area contributed by atoms with E-state index >= 15 is 0 Å². The number of hydrogen-bond donors (Lipinski definition) is 4. The Morgan fingerprint density at radius 1 is 1.18 bits per heavy atom. The highest BCUT2D eigenvalue weighted by Crippen LogP contribution is 2.27. The van der Waals surface area contributed by atoms with Gasteiger partial charge in [0.05, 0.1) is 18.8 Å². The van der Waals surface area contributed by atoms with Gasteiger partial charge < -0.3 is 36.1 Å². The number of amides is 2. The topological polar surface area (TPSA) is 179 Å². The van der Waals surface area contributed by atoms with Crippen LogP contribution >= 0.6 is 0 Å². The summed E-state index contributed by atoms with van der Waals surface area (Å²) in [6, 6.07) is 12.9. The minimum absolute atomic E-state index is 0.0427. The van der Waals surface area contributed by atoms with E-state index < -0.39 is 35.9 Å². The minimum Gasteiger partial charge on any atom is -0.490 e. The van der Waals surface area contributed by atoms with Gasteiger partial charge in [0.25, 0.3) is 0 Å². The number of nitrogens with one attached hydrogen (secondary N) is 1. The molecule has 0 radical (unpaired) electrons. The average molecular weight is 528 g/mol. The Balaban J connectivity index is 1.55. The Morgan fingerprint density at radius 3 is 2.50 bits per heavy atom. The third kappa shape index (κ3) is 8.29. The number of anilines is 1. The Bertz CT molecular complexity index is 1170. The summed E-state index contributed by atoms with van der Waals surface area (Å²) in [5.74, 6) is -0.703. The van der Waals surface area contributed by atoms with Crippen molar-refractivity contribution in [2.24, 2.45) is 16.5 Å². The fraction of sp³-hybridized carbons (Fsp3) is 0.385. The van der Waals surface area contributed by atoms with E-state index in [1.165, 1.54) is 4.90 Å². The average Bonchev–Trinajstić information content (AvgIpc) is 3.21. The van der Waals surface area contributed by atoms with E-state index in [1.54, 1.807) is 51.1 Å². The summed E-state index contributed by atoms with van der Waals surface area (Å²) < 4.78 is 16.4. The molecule has 1 aliphatic rings. The number of carboxylic acids is 1. The maximum atomic E-state index is 12.5. The summed E-state index contributed by atoms with van der Waals surface area (Å²) >= 11 is 0. The van der Waals surface area contributed by atoms with Gasteiger partial charge in [0.1, 0.15) is 24.0 Å². The first-order chi connectivity index (χ1) is 17.9. The van der Waals surface area contributed by atoms with Crippen molar-refractivity contribution >= 4 is 29.8 Å². The molecule has 1 fully saturated rings. The molecule has 204 valence electrons. The molecule has 2 unspecified atom stereocenters. The standard InChI is InChI=1S/C26H33N5O7/c1-26(2,3)38-24(34)30-20(22(32)33)12-16-8-10-18(11-9-16)36-15-19-14-31(25(35)37-19)21-7-5-4-6-17(21)13-29-23(27)28/h4-11,19-20H,12-15H2,1-3H3,(H,30,34)(H,32,33)(H4,27,28,29). The van der Waals surface area contributed by atoms with Crippen molar-refractivity contribution in [3.63, 3.8) is 0 Å². The monoisotopic (exact) mass is 527 g/mol. The molecule has 0 aromatic heterocycles. The fourth-order valence-electron chi connectivity index (χ4n) is 3.69. The summed E-state index contributed by atoms with van der Waals surface area (Å²) in [5.41, 5.74) is 12.2. The van der Waals surface area contributed by atoms with Crippen molar-refractivity contribution in [2.45, 2.75) is 51.5 Å². The number of ether oxygens (including phenoxy) is 3. The van der Waals surface area contributed by atoms with Crippen LogP contribution in [0.5, 0.6) is 5.75 Å². The number of rotatable bonds is 10. The van der Waals surface area contributed by atoms with E-state index in [2.05, 4.69) is 10.3 Å². The van der Waals surface area contributed by atoms with Crippen LogP contribution in [0.25, 0.3) is 0 Å². The van der Waals surface area contributed by atoms with Gasteiger partial charge in [-0.3, -0.25) is 4.90 Å². The highest BCUT2D eigenvalue weighted by Gasteiger charge is 2.34. The zero-order chi connectivity index (χ0) is 27.9. The van der Waals surface area contributed by atoms with E-state index in [0.717, 1.165) is 5.56 Å². The van der Waals surface area contributed by atoms with Gasteiger partial charge >= 0.3 is 18.2 Å². The molecule has 1 aliphatic heterocycles. The molecule has 12 nitrogen and oxygen atoms in total. The van der Waals surface area contributed by atoms with Gasteiger partial charge in [-0.1, -0.05) is 30.3 Å². The first kappa shape index (κ1) is 28.1. The van der Waals surface area contributed by atoms with Crippen LogP contribution < -0.4 is 26.4 Å². The number of aliphatic carboxylic acids is 1. The van der Waals surface area contributed by atoms with Crippen LogP contribution in [0, 0.1) is 0 Å². The third-order valence-electron chi connectivity index (χ3n) is 5.38. The number of cyclic esters (lactones) is 1. The fourth-order valence-corrected chi connectivity index (χ4v) is 3.69. The molecule has 1 heterocycles. The van der Waals surface area contributed by atoms with Crippen LogP contribution in [0.1, 0.15) is 31.9 Å². The predicted octanol–water partition coefficient (Wildman–Crippen LogP) is 2.38. The van der Waals surface area contributed by atoms with Crippen LogP contribution in [0.15, 0.2) is 53.5 Å². The molecular weight excluding hydrogens is 494 g/mol. The molecular formula is C26H33N5O7. The van der Waals surface area contributed by atoms with Crippen molar-refractivity contribution in [3.05, 3.63) is 59.7 Å². The molecule has 0 spiro atoms. The highest BCUT2D eigenvalue weighted by atomic mass is 16.6. The number of carboxylic acid groups (broad SMARTS) is 1. The zero-order valence-electron chi connectivity index (χ0n) is 21.5. The van der Waals surface area contributed by atoms with Gasteiger partial charge in [0.2, 0.25) is 0 Å². The third-order valence-corrected chi connectivity index (χ3v) is 5.38. The Kier molecular flexibility index (Phi) is 9.00. The lowest BCUT2D eigenvalue weighted by atomic mass is 10.1. The van der Waals surface area contributed by atoms with Crippen LogP contribution in [0.3, 0.4) is 0 Å². The summed E-state index contributed by atoms with van der Waals surface area (Å²) in [4.78, 5) is 41.6.